The van der Waals surface area contributed by atoms with Gasteiger partial charge in [0.15, 0.2) is 17.5 Å². The quantitative estimate of drug-likeness (QED) is 0.326. The van der Waals surface area contributed by atoms with E-state index in [1.54, 1.807) is 13.2 Å². The first kappa shape index (κ1) is 24.0. The Kier molecular flexibility index (Phi) is 9.48. The number of anilines is 1. The zero-order valence-electron chi connectivity index (χ0n) is 17.7. The van der Waals surface area contributed by atoms with Crippen LogP contribution in [-0.2, 0) is 6.54 Å². The summed E-state index contributed by atoms with van der Waals surface area (Å²) in [5, 5.41) is 6.77. The Labute approximate surface area is 194 Å². The van der Waals surface area contributed by atoms with Crippen LogP contribution in [-0.4, -0.2) is 45.9 Å². The molecule has 2 aromatic carbocycles. The maximum Gasteiger partial charge on any atom is 0.191 e. The number of hydrogen-bond acceptors (Lipinski definition) is 4. The van der Waals surface area contributed by atoms with Crippen molar-refractivity contribution in [3.05, 3.63) is 53.8 Å². The molecule has 0 amide bonds. The molecule has 0 bridgehead atoms. The lowest BCUT2D eigenvalue weighted by Crippen LogP contribution is -2.44. The number of hydrogen-bond donors (Lipinski definition) is 2. The van der Waals surface area contributed by atoms with Gasteiger partial charge in [-0.15, -0.1) is 24.0 Å². The number of nitrogens with one attached hydrogen (secondary N) is 2. The van der Waals surface area contributed by atoms with Crippen molar-refractivity contribution in [2.24, 2.45) is 4.99 Å². The molecule has 2 aromatic rings. The van der Waals surface area contributed by atoms with E-state index in [1.165, 1.54) is 13.2 Å². The molecule has 3 rings (SSSR count). The molecule has 164 valence electrons. The van der Waals surface area contributed by atoms with E-state index < -0.39 is 0 Å². The Morgan fingerprint density at radius 2 is 1.93 bits per heavy atom. The first-order chi connectivity index (χ1) is 14.1. The fraction of sp³-hybridized carbons (Fsp3) is 0.409. The topological polar surface area (TPSA) is 58.1 Å². The molecule has 8 heteroatoms. The number of para-hydroxylation sites is 2. The van der Waals surface area contributed by atoms with Crippen LogP contribution in [0.3, 0.4) is 0 Å². The van der Waals surface area contributed by atoms with Gasteiger partial charge in [-0.25, -0.2) is 9.38 Å². The lowest BCUT2D eigenvalue weighted by atomic mass is 10.2. The molecule has 1 aliphatic rings. The molecule has 1 aliphatic heterocycles. The van der Waals surface area contributed by atoms with Gasteiger partial charge < -0.3 is 25.0 Å². The number of halogens is 2. The van der Waals surface area contributed by atoms with Crippen molar-refractivity contribution in [3.63, 3.8) is 0 Å². The average molecular weight is 528 g/mol. The molecular weight excluding hydrogens is 498 g/mol. The van der Waals surface area contributed by atoms with Crippen LogP contribution in [0.2, 0.25) is 0 Å². The minimum Gasteiger partial charge on any atom is -0.495 e. The predicted molar refractivity (Wildman–Crippen MR) is 130 cm³/mol. The molecule has 0 aromatic heterocycles. The summed E-state index contributed by atoms with van der Waals surface area (Å²) in [7, 11) is 3.15. The number of nitrogens with zero attached hydrogens (tertiary/aromatic N) is 2. The van der Waals surface area contributed by atoms with Gasteiger partial charge >= 0.3 is 0 Å². The normalized spacial score (nSPS) is 16.1. The second kappa shape index (κ2) is 11.8. The van der Waals surface area contributed by atoms with Gasteiger partial charge in [0, 0.05) is 25.7 Å². The lowest BCUT2D eigenvalue weighted by Gasteiger charge is -2.22. The van der Waals surface area contributed by atoms with Crippen molar-refractivity contribution in [2.75, 3.05) is 38.8 Å². The Bertz CT molecular complexity index is 850. The number of ether oxygens (including phenoxy) is 2. The van der Waals surface area contributed by atoms with Crippen LogP contribution in [0.1, 0.15) is 18.9 Å². The molecule has 0 saturated carbocycles. The lowest BCUT2D eigenvalue weighted by molar-refractivity contribution is 0.386. The number of benzene rings is 2. The van der Waals surface area contributed by atoms with E-state index in [1.807, 2.05) is 31.2 Å². The van der Waals surface area contributed by atoms with E-state index in [9.17, 15) is 4.39 Å². The molecule has 2 N–H and O–H groups in total. The minimum absolute atomic E-state index is 0. The summed E-state index contributed by atoms with van der Waals surface area (Å²) >= 11 is 0. The zero-order valence-corrected chi connectivity index (χ0v) is 20.0. The highest BCUT2D eigenvalue weighted by Crippen LogP contribution is 2.30. The molecule has 1 unspecified atom stereocenters. The van der Waals surface area contributed by atoms with Crippen LogP contribution >= 0.6 is 24.0 Å². The van der Waals surface area contributed by atoms with E-state index in [-0.39, 0.29) is 41.6 Å². The fourth-order valence-electron chi connectivity index (χ4n) is 3.48. The largest absolute Gasteiger partial charge is 0.495 e. The van der Waals surface area contributed by atoms with Crippen molar-refractivity contribution in [2.45, 2.75) is 25.9 Å². The monoisotopic (exact) mass is 528 g/mol. The predicted octanol–water partition coefficient (Wildman–Crippen LogP) is 3.79. The van der Waals surface area contributed by atoms with Crippen LogP contribution in [0, 0.1) is 5.82 Å². The highest BCUT2D eigenvalue weighted by molar-refractivity contribution is 14.0. The fourth-order valence-corrected chi connectivity index (χ4v) is 3.48. The zero-order chi connectivity index (χ0) is 20.6. The van der Waals surface area contributed by atoms with Gasteiger partial charge in [-0.05, 0) is 43.2 Å². The summed E-state index contributed by atoms with van der Waals surface area (Å²) in [6, 6.07) is 13.3. The van der Waals surface area contributed by atoms with Gasteiger partial charge in [0.1, 0.15) is 5.75 Å². The van der Waals surface area contributed by atoms with E-state index in [0.29, 0.717) is 6.54 Å². The Hall–Kier alpha value is -2.23. The third kappa shape index (κ3) is 6.13. The van der Waals surface area contributed by atoms with E-state index in [0.717, 1.165) is 49.0 Å². The number of guanidine groups is 1. The van der Waals surface area contributed by atoms with Gasteiger partial charge in [-0.3, -0.25) is 0 Å². The van der Waals surface area contributed by atoms with E-state index >= 15 is 0 Å². The van der Waals surface area contributed by atoms with Crippen molar-refractivity contribution in [1.82, 2.24) is 10.6 Å². The highest BCUT2D eigenvalue weighted by atomic mass is 127. The molecule has 1 saturated heterocycles. The van der Waals surface area contributed by atoms with Gasteiger partial charge in [0.25, 0.3) is 0 Å². The van der Waals surface area contributed by atoms with Crippen LogP contribution in [0.15, 0.2) is 47.5 Å². The van der Waals surface area contributed by atoms with Gasteiger partial charge in [0.2, 0.25) is 0 Å². The maximum absolute atomic E-state index is 13.9. The Balaban J connectivity index is 0.00000320. The van der Waals surface area contributed by atoms with Crippen molar-refractivity contribution < 1.29 is 13.9 Å². The smallest absolute Gasteiger partial charge is 0.191 e. The summed E-state index contributed by atoms with van der Waals surface area (Å²) in [5.74, 6) is 1.48. The molecule has 30 heavy (non-hydrogen) atoms. The molecule has 1 fully saturated rings. The van der Waals surface area contributed by atoms with Crippen molar-refractivity contribution in [3.8, 4) is 11.5 Å². The molecule has 1 atom stereocenters. The molecule has 0 aliphatic carbocycles. The third-order valence-electron chi connectivity index (χ3n) is 4.94. The molecule has 0 spiro atoms. The van der Waals surface area contributed by atoms with Gasteiger partial charge in [-0.2, -0.15) is 0 Å². The number of aliphatic imine (C=N–C) groups is 1. The summed E-state index contributed by atoms with van der Waals surface area (Å²) in [5.41, 5.74) is 1.90. The molecule has 0 radical (unpaired) electrons. The number of rotatable bonds is 7. The van der Waals surface area contributed by atoms with Crippen LogP contribution < -0.4 is 25.0 Å². The van der Waals surface area contributed by atoms with Crippen LogP contribution in [0.25, 0.3) is 0 Å². The average Bonchev–Trinajstić information content (AvgIpc) is 3.20. The van der Waals surface area contributed by atoms with Crippen LogP contribution in [0.5, 0.6) is 11.5 Å². The first-order valence-corrected chi connectivity index (χ1v) is 9.89. The summed E-state index contributed by atoms with van der Waals surface area (Å²) in [4.78, 5) is 6.94. The Morgan fingerprint density at radius 1 is 1.17 bits per heavy atom. The second-order valence-electron chi connectivity index (χ2n) is 6.91. The van der Waals surface area contributed by atoms with Gasteiger partial charge in [0.05, 0.1) is 26.5 Å². The SMILES string of the molecule is CCNC(=NCc1ccc(OC)c(F)c1)NC1CCN(c2ccccc2OC)C1.I. The molecule has 6 nitrogen and oxygen atoms in total. The third-order valence-corrected chi connectivity index (χ3v) is 4.94. The van der Waals surface area contributed by atoms with Crippen molar-refractivity contribution in [1.29, 1.82) is 0 Å². The highest BCUT2D eigenvalue weighted by Gasteiger charge is 2.25. The summed E-state index contributed by atoms with van der Waals surface area (Å²) in [6.45, 7) is 4.98. The maximum atomic E-state index is 13.9. The van der Waals surface area contributed by atoms with E-state index in [2.05, 4.69) is 26.6 Å². The van der Waals surface area contributed by atoms with Crippen molar-refractivity contribution >= 4 is 35.6 Å². The molecule has 1 heterocycles. The summed E-state index contributed by atoms with van der Waals surface area (Å²) in [6.07, 6.45) is 1.000. The minimum atomic E-state index is -0.374. The number of methoxy groups -OCH3 is 2. The van der Waals surface area contributed by atoms with Gasteiger partial charge in [-0.1, -0.05) is 18.2 Å². The standard InChI is InChI=1S/C22H29FN4O2.HI/c1-4-24-22(25-14-16-9-10-20(28-2)18(23)13-16)26-17-11-12-27(15-17)19-7-5-6-8-21(19)29-3;/h5-10,13,17H,4,11-12,14-15H2,1-3H3,(H2,24,25,26);1H. The van der Waals surface area contributed by atoms with E-state index in [4.69, 9.17) is 9.47 Å². The molecular formula is C22H30FIN4O2. The second-order valence-corrected chi connectivity index (χ2v) is 6.91. The first-order valence-electron chi connectivity index (χ1n) is 9.89. The summed E-state index contributed by atoms with van der Waals surface area (Å²) < 4.78 is 24.4. The Morgan fingerprint density at radius 3 is 2.63 bits per heavy atom. The van der Waals surface area contributed by atoms with Crippen LogP contribution in [0.4, 0.5) is 10.1 Å².